The lowest BCUT2D eigenvalue weighted by atomic mass is 9.69. The molecular weight excluding hydrogens is 252 g/mol. The first-order valence-corrected chi connectivity index (χ1v) is 6.14. The number of aromatic nitrogens is 2. The first-order chi connectivity index (χ1) is 9.13. The van der Waals surface area contributed by atoms with Crippen LogP contribution in [0.2, 0.25) is 0 Å². The van der Waals surface area contributed by atoms with Crippen molar-refractivity contribution in [1.82, 2.24) is 10.1 Å². The highest BCUT2D eigenvalue weighted by molar-refractivity contribution is 5.54. The molecule has 0 amide bonds. The summed E-state index contributed by atoms with van der Waals surface area (Å²) in [5.74, 6) is -0.689. The van der Waals surface area contributed by atoms with Gasteiger partial charge in [-0.15, -0.1) is 0 Å². The van der Waals surface area contributed by atoms with Gasteiger partial charge in [-0.1, -0.05) is 11.6 Å². The first kappa shape index (κ1) is 12.2. The quantitative estimate of drug-likeness (QED) is 0.925. The van der Waals surface area contributed by atoms with Gasteiger partial charge in [0.25, 0.3) is 0 Å². The summed E-state index contributed by atoms with van der Waals surface area (Å²) in [4.78, 5) is 4.24. The van der Waals surface area contributed by atoms with Crippen molar-refractivity contribution in [2.75, 3.05) is 6.54 Å². The molecule has 0 atom stereocenters. The summed E-state index contributed by atoms with van der Waals surface area (Å²) in [6.07, 6.45) is 2.88. The molecule has 0 bridgehead atoms. The Bertz CT molecular complexity index is 582. The van der Waals surface area contributed by atoms with E-state index < -0.39 is 11.6 Å². The third kappa shape index (κ3) is 2.02. The maximum Gasteiger partial charge on any atom is 0.234 e. The molecule has 1 saturated carbocycles. The van der Waals surface area contributed by atoms with Crippen LogP contribution in [-0.2, 0) is 5.41 Å². The molecule has 1 aromatic heterocycles. The molecular formula is C13H13F2N3O. The SMILES string of the molecule is NCC1(c2nc(-c3cc(F)cc(F)c3)no2)CCC1. The van der Waals surface area contributed by atoms with E-state index >= 15 is 0 Å². The minimum atomic E-state index is -0.668. The highest BCUT2D eigenvalue weighted by Crippen LogP contribution is 2.42. The van der Waals surface area contributed by atoms with Crippen molar-refractivity contribution in [2.24, 2.45) is 5.73 Å². The van der Waals surface area contributed by atoms with Crippen molar-refractivity contribution in [1.29, 1.82) is 0 Å². The van der Waals surface area contributed by atoms with E-state index in [1.807, 2.05) is 0 Å². The molecule has 100 valence electrons. The molecule has 1 aromatic carbocycles. The van der Waals surface area contributed by atoms with E-state index in [9.17, 15) is 8.78 Å². The molecule has 1 fully saturated rings. The predicted molar refractivity (Wildman–Crippen MR) is 64.2 cm³/mol. The number of rotatable bonds is 3. The summed E-state index contributed by atoms with van der Waals surface area (Å²) in [5.41, 5.74) is 5.76. The highest BCUT2D eigenvalue weighted by Gasteiger charge is 2.42. The van der Waals surface area contributed by atoms with Gasteiger partial charge in [-0.3, -0.25) is 0 Å². The van der Waals surface area contributed by atoms with Crippen LogP contribution in [0.3, 0.4) is 0 Å². The average Bonchev–Trinajstić information content (AvgIpc) is 2.77. The van der Waals surface area contributed by atoms with Crippen molar-refractivity contribution in [3.05, 3.63) is 35.7 Å². The second-order valence-electron chi connectivity index (χ2n) is 4.92. The second kappa shape index (κ2) is 4.38. The van der Waals surface area contributed by atoms with Crippen molar-refractivity contribution in [3.63, 3.8) is 0 Å². The molecule has 0 saturated heterocycles. The lowest BCUT2D eigenvalue weighted by molar-refractivity contribution is 0.182. The fourth-order valence-corrected chi connectivity index (χ4v) is 2.35. The van der Waals surface area contributed by atoms with Crippen LogP contribution in [0.1, 0.15) is 25.2 Å². The van der Waals surface area contributed by atoms with Crippen LogP contribution in [0.25, 0.3) is 11.4 Å². The number of benzene rings is 1. The van der Waals surface area contributed by atoms with Crippen LogP contribution >= 0.6 is 0 Å². The van der Waals surface area contributed by atoms with Crippen molar-refractivity contribution in [3.8, 4) is 11.4 Å². The van der Waals surface area contributed by atoms with Gasteiger partial charge in [0.2, 0.25) is 11.7 Å². The molecule has 19 heavy (non-hydrogen) atoms. The second-order valence-corrected chi connectivity index (χ2v) is 4.92. The summed E-state index contributed by atoms with van der Waals surface area (Å²) in [6.45, 7) is 0.437. The first-order valence-electron chi connectivity index (χ1n) is 6.14. The summed E-state index contributed by atoms with van der Waals surface area (Å²) in [5, 5.41) is 3.79. The van der Waals surface area contributed by atoms with Crippen LogP contribution < -0.4 is 5.73 Å². The Morgan fingerprint density at radius 2 is 1.89 bits per heavy atom. The number of nitrogens with two attached hydrogens (primary N) is 1. The van der Waals surface area contributed by atoms with Crippen LogP contribution in [0, 0.1) is 11.6 Å². The molecule has 2 N–H and O–H groups in total. The maximum absolute atomic E-state index is 13.2. The molecule has 2 aromatic rings. The van der Waals surface area contributed by atoms with Crippen molar-refractivity contribution in [2.45, 2.75) is 24.7 Å². The van der Waals surface area contributed by atoms with E-state index in [1.54, 1.807) is 0 Å². The summed E-state index contributed by atoms with van der Waals surface area (Å²) in [7, 11) is 0. The zero-order chi connectivity index (χ0) is 13.5. The molecule has 0 unspecified atom stereocenters. The molecule has 0 spiro atoms. The minimum Gasteiger partial charge on any atom is -0.338 e. The lowest BCUT2D eigenvalue weighted by Gasteiger charge is -2.36. The topological polar surface area (TPSA) is 64.9 Å². The monoisotopic (exact) mass is 265 g/mol. The van der Waals surface area contributed by atoms with Gasteiger partial charge in [0.1, 0.15) is 11.6 Å². The van der Waals surface area contributed by atoms with Gasteiger partial charge in [0, 0.05) is 18.2 Å². The van der Waals surface area contributed by atoms with Crippen LogP contribution in [0.15, 0.2) is 22.7 Å². The number of hydrogen-bond donors (Lipinski definition) is 1. The number of nitrogens with zero attached hydrogens (tertiary/aromatic N) is 2. The average molecular weight is 265 g/mol. The molecule has 1 aliphatic rings. The van der Waals surface area contributed by atoms with E-state index in [1.165, 1.54) is 12.1 Å². The van der Waals surface area contributed by atoms with E-state index in [0.29, 0.717) is 12.4 Å². The van der Waals surface area contributed by atoms with Crippen LogP contribution in [-0.4, -0.2) is 16.7 Å². The molecule has 1 heterocycles. The third-order valence-corrected chi connectivity index (χ3v) is 3.70. The Balaban J connectivity index is 1.97. The molecule has 0 radical (unpaired) electrons. The Morgan fingerprint density at radius 3 is 2.42 bits per heavy atom. The Kier molecular flexibility index (Phi) is 2.82. The Morgan fingerprint density at radius 1 is 1.21 bits per heavy atom. The van der Waals surface area contributed by atoms with E-state index in [4.69, 9.17) is 10.3 Å². The number of halogens is 2. The fourth-order valence-electron chi connectivity index (χ4n) is 2.35. The van der Waals surface area contributed by atoms with Crippen LogP contribution in [0.4, 0.5) is 8.78 Å². The van der Waals surface area contributed by atoms with Gasteiger partial charge in [0.15, 0.2) is 0 Å². The predicted octanol–water partition coefficient (Wildman–Crippen LogP) is 2.40. The van der Waals surface area contributed by atoms with Crippen LogP contribution in [0.5, 0.6) is 0 Å². The zero-order valence-electron chi connectivity index (χ0n) is 10.2. The van der Waals surface area contributed by atoms with E-state index in [2.05, 4.69) is 10.1 Å². The Labute approximate surface area is 108 Å². The molecule has 3 rings (SSSR count). The van der Waals surface area contributed by atoms with Gasteiger partial charge in [0.05, 0.1) is 5.41 Å². The van der Waals surface area contributed by atoms with Gasteiger partial charge < -0.3 is 10.3 Å². The standard InChI is InChI=1S/C13H13F2N3O/c14-9-4-8(5-10(15)6-9)11-17-12(19-18-11)13(7-16)2-1-3-13/h4-6H,1-3,7,16H2. The smallest absolute Gasteiger partial charge is 0.234 e. The Hall–Kier alpha value is -1.82. The largest absolute Gasteiger partial charge is 0.338 e. The van der Waals surface area contributed by atoms with Gasteiger partial charge >= 0.3 is 0 Å². The highest BCUT2D eigenvalue weighted by atomic mass is 19.1. The number of hydrogen-bond acceptors (Lipinski definition) is 4. The van der Waals surface area contributed by atoms with Gasteiger partial charge in [-0.2, -0.15) is 4.98 Å². The summed E-state index contributed by atoms with van der Waals surface area (Å²) >= 11 is 0. The fraction of sp³-hybridized carbons (Fsp3) is 0.385. The summed E-state index contributed by atoms with van der Waals surface area (Å²) in [6, 6.07) is 3.15. The van der Waals surface area contributed by atoms with Crippen molar-refractivity contribution < 1.29 is 13.3 Å². The summed E-state index contributed by atoms with van der Waals surface area (Å²) < 4.78 is 31.5. The van der Waals surface area contributed by atoms with Gasteiger partial charge in [-0.05, 0) is 25.0 Å². The third-order valence-electron chi connectivity index (χ3n) is 3.70. The van der Waals surface area contributed by atoms with E-state index in [0.717, 1.165) is 25.3 Å². The van der Waals surface area contributed by atoms with E-state index in [-0.39, 0.29) is 16.8 Å². The minimum absolute atomic E-state index is 0.188. The normalized spacial score (nSPS) is 17.2. The molecule has 1 aliphatic carbocycles. The zero-order valence-corrected chi connectivity index (χ0v) is 10.2. The molecule has 6 heteroatoms. The molecule has 4 nitrogen and oxygen atoms in total. The van der Waals surface area contributed by atoms with Gasteiger partial charge in [-0.25, -0.2) is 8.78 Å². The lowest BCUT2D eigenvalue weighted by Crippen LogP contribution is -2.41. The molecule has 0 aliphatic heterocycles. The van der Waals surface area contributed by atoms with Crippen molar-refractivity contribution >= 4 is 0 Å². The maximum atomic E-state index is 13.2.